The fourth-order valence-corrected chi connectivity index (χ4v) is 3.99. The summed E-state index contributed by atoms with van der Waals surface area (Å²) in [5.74, 6) is 0.964. The average molecular weight is 485 g/mol. The van der Waals surface area contributed by atoms with Gasteiger partial charge >= 0.3 is 6.03 Å². The number of amides is 3. The lowest BCUT2D eigenvalue weighted by molar-refractivity contribution is 0.0944. The van der Waals surface area contributed by atoms with Crippen LogP contribution in [-0.2, 0) is 4.74 Å². The smallest absolute Gasteiger partial charge is 0.323 e. The third kappa shape index (κ3) is 7.78. The van der Waals surface area contributed by atoms with Crippen molar-refractivity contribution in [2.45, 2.75) is 32.6 Å². The number of urea groups is 1. The van der Waals surface area contributed by atoms with Gasteiger partial charge in [-0.25, -0.2) is 4.79 Å². The van der Waals surface area contributed by atoms with Crippen molar-refractivity contribution in [2.75, 3.05) is 62.6 Å². The zero-order chi connectivity index (χ0) is 25.0. The van der Waals surface area contributed by atoms with Crippen molar-refractivity contribution in [2.24, 2.45) is 0 Å². The molecule has 1 saturated heterocycles. The molecule has 3 amide bonds. The Morgan fingerprint density at radius 3 is 2.26 bits per heavy atom. The molecule has 1 aliphatic heterocycles. The summed E-state index contributed by atoms with van der Waals surface area (Å²) in [7, 11) is 3.10. The van der Waals surface area contributed by atoms with E-state index >= 15 is 0 Å². The molecule has 9 nitrogen and oxygen atoms in total. The van der Waals surface area contributed by atoms with Crippen molar-refractivity contribution in [3.8, 4) is 11.5 Å². The molecule has 1 heterocycles. The molecule has 2 aromatic rings. The first-order valence-corrected chi connectivity index (χ1v) is 12.1. The average Bonchev–Trinajstić information content (AvgIpc) is 2.88. The van der Waals surface area contributed by atoms with Crippen LogP contribution in [0.3, 0.4) is 0 Å². The zero-order valence-corrected chi connectivity index (χ0v) is 20.8. The van der Waals surface area contributed by atoms with Crippen LogP contribution in [0.15, 0.2) is 36.4 Å². The van der Waals surface area contributed by atoms with Crippen molar-refractivity contribution in [1.82, 2.24) is 5.32 Å². The molecular formula is C26H36N4O5. The summed E-state index contributed by atoms with van der Waals surface area (Å²) in [6, 6.07) is 10.1. The summed E-state index contributed by atoms with van der Waals surface area (Å²) in [5, 5.41) is 8.59. The predicted molar refractivity (Wildman–Crippen MR) is 138 cm³/mol. The van der Waals surface area contributed by atoms with Crippen molar-refractivity contribution in [3.63, 3.8) is 0 Å². The molecule has 1 aliphatic rings. The molecule has 9 heteroatoms. The number of methoxy groups -OCH3 is 2. The number of carbonyl (C=O) groups is 2. The van der Waals surface area contributed by atoms with Gasteiger partial charge in [-0.2, -0.15) is 0 Å². The van der Waals surface area contributed by atoms with Crippen LogP contribution >= 0.6 is 0 Å². The Hall–Kier alpha value is -3.46. The highest BCUT2D eigenvalue weighted by Crippen LogP contribution is 2.28. The van der Waals surface area contributed by atoms with Crippen LogP contribution < -0.4 is 30.3 Å². The summed E-state index contributed by atoms with van der Waals surface area (Å²) in [5.41, 5.74) is 2.48. The number of rotatable bonds is 11. The van der Waals surface area contributed by atoms with Crippen LogP contribution in [0.2, 0.25) is 0 Å². The van der Waals surface area contributed by atoms with E-state index in [9.17, 15) is 9.59 Å². The van der Waals surface area contributed by atoms with Gasteiger partial charge in [0.1, 0.15) is 11.5 Å². The second-order valence-electron chi connectivity index (χ2n) is 8.27. The molecule has 190 valence electrons. The Kier molecular flexibility index (Phi) is 10.0. The molecule has 0 unspecified atom stereocenters. The van der Waals surface area contributed by atoms with Crippen LogP contribution in [0.25, 0.3) is 0 Å². The van der Waals surface area contributed by atoms with Crippen LogP contribution in [0, 0.1) is 0 Å². The van der Waals surface area contributed by atoms with E-state index in [4.69, 9.17) is 14.2 Å². The van der Waals surface area contributed by atoms with Gasteiger partial charge in [-0.05, 0) is 50.8 Å². The van der Waals surface area contributed by atoms with Gasteiger partial charge in [-0.1, -0.05) is 0 Å². The van der Waals surface area contributed by atoms with E-state index < -0.39 is 6.03 Å². The Labute approximate surface area is 207 Å². The Morgan fingerprint density at radius 1 is 0.914 bits per heavy atom. The highest BCUT2D eigenvalue weighted by atomic mass is 16.5. The number of piperidine rings is 1. The van der Waals surface area contributed by atoms with Gasteiger partial charge in [0, 0.05) is 68.1 Å². The zero-order valence-electron chi connectivity index (χ0n) is 20.8. The standard InChI is InChI=1S/C26H36N4O5/c1-4-35-14-8-11-27-25(31)23-17-19(9-10-24(23)30-12-6-5-7-13-30)28-26(32)29-20-15-21(33-2)18-22(16-20)34-3/h9-10,15-18H,4-8,11-14H2,1-3H3,(H,27,31)(H2,28,29,32). The minimum atomic E-state index is -0.436. The molecule has 1 fully saturated rings. The maximum absolute atomic E-state index is 13.1. The third-order valence-corrected chi connectivity index (χ3v) is 5.76. The molecule has 3 rings (SSSR count). The second kappa shape index (κ2) is 13.4. The molecule has 3 N–H and O–H groups in total. The lowest BCUT2D eigenvalue weighted by Crippen LogP contribution is -2.33. The van der Waals surface area contributed by atoms with Gasteiger partial charge in [0.25, 0.3) is 5.91 Å². The Balaban J connectivity index is 1.73. The number of anilines is 3. The topological polar surface area (TPSA) is 101 Å². The summed E-state index contributed by atoms with van der Waals surface area (Å²) in [6.07, 6.45) is 4.14. The highest BCUT2D eigenvalue weighted by molar-refractivity contribution is 6.04. The Morgan fingerprint density at radius 2 is 1.60 bits per heavy atom. The van der Waals surface area contributed by atoms with Gasteiger partial charge in [0.2, 0.25) is 0 Å². The summed E-state index contributed by atoms with van der Waals surface area (Å²) in [4.78, 5) is 28.0. The highest BCUT2D eigenvalue weighted by Gasteiger charge is 2.20. The van der Waals surface area contributed by atoms with E-state index in [1.165, 1.54) is 6.42 Å². The first-order chi connectivity index (χ1) is 17.0. The van der Waals surface area contributed by atoms with Gasteiger partial charge in [0.05, 0.1) is 19.8 Å². The van der Waals surface area contributed by atoms with E-state index in [-0.39, 0.29) is 5.91 Å². The summed E-state index contributed by atoms with van der Waals surface area (Å²) >= 11 is 0. The van der Waals surface area contributed by atoms with E-state index in [2.05, 4.69) is 20.9 Å². The molecule has 0 aliphatic carbocycles. The van der Waals surface area contributed by atoms with Gasteiger partial charge in [0.15, 0.2) is 0 Å². The molecule has 0 aromatic heterocycles. The fourth-order valence-electron chi connectivity index (χ4n) is 3.99. The lowest BCUT2D eigenvalue weighted by atomic mass is 10.1. The second-order valence-corrected chi connectivity index (χ2v) is 8.27. The number of hydrogen-bond donors (Lipinski definition) is 3. The molecule has 0 bridgehead atoms. The number of ether oxygens (including phenoxy) is 3. The normalized spacial score (nSPS) is 13.2. The largest absolute Gasteiger partial charge is 0.497 e. The SMILES string of the molecule is CCOCCCNC(=O)c1cc(NC(=O)Nc2cc(OC)cc(OC)c2)ccc1N1CCCCC1. The van der Waals surface area contributed by atoms with E-state index in [1.807, 2.05) is 19.1 Å². The summed E-state index contributed by atoms with van der Waals surface area (Å²) in [6.45, 7) is 5.56. The fraction of sp³-hybridized carbons (Fsp3) is 0.462. The summed E-state index contributed by atoms with van der Waals surface area (Å²) < 4.78 is 15.9. The van der Waals surface area contributed by atoms with Gasteiger partial charge < -0.3 is 35.1 Å². The molecule has 0 saturated carbocycles. The first-order valence-electron chi connectivity index (χ1n) is 12.1. The minimum absolute atomic E-state index is 0.163. The maximum atomic E-state index is 13.1. The van der Waals surface area contributed by atoms with Gasteiger partial charge in [-0.15, -0.1) is 0 Å². The molecule has 0 radical (unpaired) electrons. The van der Waals surface area contributed by atoms with E-state index in [0.29, 0.717) is 48.2 Å². The van der Waals surface area contributed by atoms with Crippen molar-refractivity contribution in [1.29, 1.82) is 0 Å². The number of hydrogen-bond acceptors (Lipinski definition) is 6. The molecule has 35 heavy (non-hydrogen) atoms. The van der Waals surface area contributed by atoms with E-state index in [0.717, 1.165) is 38.0 Å². The predicted octanol–water partition coefficient (Wildman–Crippen LogP) is 4.49. The number of benzene rings is 2. The van der Waals surface area contributed by atoms with Crippen molar-refractivity contribution in [3.05, 3.63) is 42.0 Å². The third-order valence-electron chi connectivity index (χ3n) is 5.76. The van der Waals surface area contributed by atoms with Crippen LogP contribution in [0.1, 0.15) is 43.0 Å². The van der Waals surface area contributed by atoms with Crippen molar-refractivity contribution >= 4 is 29.0 Å². The molecular weight excluding hydrogens is 448 g/mol. The monoisotopic (exact) mass is 484 g/mol. The van der Waals surface area contributed by atoms with Crippen LogP contribution in [-0.4, -0.2) is 59.0 Å². The maximum Gasteiger partial charge on any atom is 0.323 e. The lowest BCUT2D eigenvalue weighted by Gasteiger charge is -2.30. The first kappa shape index (κ1) is 26.2. The number of nitrogens with zero attached hydrogens (tertiary/aromatic N) is 1. The Bertz CT molecular complexity index is 969. The van der Waals surface area contributed by atoms with Gasteiger partial charge in [-0.3, -0.25) is 4.79 Å². The number of nitrogens with one attached hydrogen (secondary N) is 3. The van der Waals surface area contributed by atoms with E-state index in [1.54, 1.807) is 38.5 Å². The molecule has 0 atom stereocenters. The minimum Gasteiger partial charge on any atom is -0.497 e. The molecule has 2 aromatic carbocycles. The molecule has 0 spiro atoms. The quantitative estimate of drug-likeness (QED) is 0.406. The number of carbonyl (C=O) groups excluding carboxylic acids is 2. The van der Waals surface area contributed by atoms with Crippen molar-refractivity contribution < 1.29 is 23.8 Å². The van der Waals surface area contributed by atoms with Crippen LogP contribution in [0.5, 0.6) is 11.5 Å². The van der Waals surface area contributed by atoms with Crippen LogP contribution in [0.4, 0.5) is 21.9 Å².